The van der Waals surface area contributed by atoms with E-state index < -0.39 is 14.9 Å². The number of aryl methyl sites for hydroxylation is 2. The van der Waals surface area contributed by atoms with Crippen LogP contribution in [0.2, 0.25) is 0 Å². The third-order valence-corrected chi connectivity index (χ3v) is 5.77. The molecule has 1 N–H and O–H groups in total. The van der Waals surface area contributed by atoms with Gasteiger partial charge in [0, 0.05) is 12.1 Å². The molecule has 24 heavy (non-hydrogen) atoms. The first-order chi connectivity index (χ1) is 11.3. The van der Waals surface area contributed by atoms with Crippen LogP contribution in [0.5, 0.6) is 0 Å². The molecule has 0 aliphatic rings. The highest BCUT2D eigenvalue weighted by Gasteiger charge is 2.19. The average Bonchev–Trinajstić information content (AvgIpc) is 2.89. The molecule has 0 amide bonds. The zero-order valence-electron chi connectivity index (χ0n) is 12.8. The molecular formula is C15H13N3O4S2. The number of hydrogen-bond acceptors (Lipinski definition) is 6. The van der Waals surface area contributed by atoms with Gasteiger partial charge in [-0.25, -0.2) is 13.4 Å². The molecule has 1 aromatic heterocycles. The molecule has 0 spiro atoms. The first kappa shape index (κ1) is 16.3. The number of nitro benzene ring substituents is 1. The SMILES string of the molecule is Cc1cc(C)c2nc(NS(=O)(=O)c3cccc([N+](=O)[O-])c3)sc2c1. The summed E-state index contributed by atoms with van der Waals surface area (Å²) in [4.78, 5) is 14.3. The predicted octanol–water partition coefficient (Wildman–Crippen LogP) is 3.62. The maximum absolute atomic E-state index is 12.4. The molecule has 0 aliphatic heterocycles. The number of hydrogen-bond donors (Lipinski definition) is 1. The first-order valence-electron chi connectivity index (χ1n) is 6.91. The number of thiazole rings is 1. The van der Waals surface area contributed by atoms with Crippen molar-refractivity contribution in [2.45, 2.75) is 18.7 Å². The number of aromatic nitrogens is 1. The van der Waals surface area contributed by atoms with Gasteiger partial charge < -0.3 is 0 Å². The van der Waals surface area contributed by atoms with Crippen LogP contribution < -0.4 is 4.72 Å². The second kappa shape index (κ2) is 5.84. The van der Waals surface area contributed by atoms with Crippen molar-refractivity contribution in [1.82, 2.24) is 4.98 Å². The third kappa shape index (κ3) is 3.08. The normalized spacial score (nSPS) is 11.6. The Bertz CT molecular complexity index is 1060. The molecule has 2 aromatic carbocycles. The van der Waals surface area contributed by atoms with Crippen molar-refractivity contribution in [2.24, 2.45) is 0 Å². The van der Waals surface area contributed by atoms with Gasteiger partial charge in [-0.15, -0.1) is 0 Å². The highest BCUT2D eigenvalue weighted by molar-refractivity contribution is 7.93. The molecular weight excluding hydrogens is 350 g/mol. The smallest absolute Gasteiger partial charge is 0.258 e. The number of sulfonamides is 1. The van der Waals surface area contributed by atoms with Gasteiger partial charge in [0.25, 0.3) is 15.7 Å². The highest BCUT2D eigenvalue weighted by Crippen LogP contribution is 2.31. The van der Waals surface area contributed by atoms with Crippen molar-refractivity contribution in [2.75, 3.05) is 4.72 Å². The maximum atomic E-state index is 12.4. The fourth-order valence-corrected chi connectivity index (χ4v) is 4.67. The lowest BCUT2D eigenvalue weighted by Gasteiger charge is -2.04. The zero-order valence-corrected chi connectivity index (χ0v) is 14.4. The molecule has 0 bridgehead atoms. The van der Waals surface area contributed by atoms with Crippen molar-refractivity contribution in [3.8, 4) is 0 Å². The quantitative estimate of drug-likeness (QED) is 0.563. The Morgan fingerprint density at radius 3 is 2.67 bits per heavy atom. The summed E-state index contributed by atoms with van der Waals surface area (Å²) in [6, 6.07) is 8.80. The first-order valence-corrected chi connectivity index (χ1v) is 9.21. The molecule has 3 rings (SSSR count). The molecule has 0 saturated carbocycles. The summed E-state index contributed by atoms with van der Waals surface area (Å²) in [5.74, 6) is 0. The Balaban J connectivity index is 1.99. The van der Waals surface area contributed by atoms with E-state index in [0.717, 1.165) is 27.4 Å². The molecule has 9 heteroatoms. The lowest BCUT2D eigenvalue weighted by molar-refractivity contribution is -0.385. The fraction of sp³-hybridized carbons (Fsp3) is 0.133. The summed E-state index contributed by atoms with van der Waals surface area (Å²) < 4.78 is 28.1. The third-order valence-electron chi connectivity index (χ3n) is 3.39. The van der Waals surface area contributed by atoms with E-state index in [0.29, 0.717) is 0 Å². The van der Waals surface area contributed by atoms with Gasteiger partial charge in [-0.05, 0) is 37.1 Å². The minimum Gasteiger partial charge on any atom is -0.258 e. The second-order valence-corrected chi connectivity index (χ2v) is 8.02. The standard InChI is InChI=1S/C15H13N3O4S2/c1-9-6-10(2)14-13(7-9)23-15(16-14)17-24(21,22)12-5-3-4-11(8-12)18(19)20/h3-8H,1-2H3,(H,16,17). The molecule has 7 nitrogen and oxygen atoms in total. The van der Waals surface area contributed by atoms with Gasteiger partial charge in [0.15, 0.2) is 5.13 Å². The Kier molecular flexibility index (Phi) is 3.98. The lowest BCUT2D eigenvalue weighted by atomic mass is 10.1. The van der Waals surface area contributed by atoms with Crippen LogP contribution in [0.4, 0.5) is 10.8 Å². The Labute approximate surface area is 142 Å². The monoisotopic (exact) mass is 363 g/mol. The van der Waals surface area contributed by atoms with E-state index in [-0.39, 0.29) is 15.7 Å². The van der Waals surface area contributed by atoms with E-state index in [4.69, 9.17) is 0 Å². The van der Waals surface area contributed by atoms with Crippen LogP contribution in [-0.4, -0.2) is 18.3 Å². The number of non-ortho nitro benzene ring substituents is 1. The summed E-state index contributed by atoms with van der Waals surface area (Å²) in [7, 11) is -3.95. The van der Waals surface area contributed by atoms with Gasteiger partial charge in [-0.3, -0.25) is 14.8 Å². The average molecular weight is 363 g/mol. The van der Waals surface area contributed by atoms with Gasteiger partial charge in [-0.2, -0.15) is 0 Å². The number of nitrogens with one attached hydrogen (secondary N) is 1. The Morgan fingerprint density at radius 2 is 1.96 bits per heavy atom. The van der Waals surface area contributed by atoms with E-state index in [9.17, 15) is 18.5 Å². The van der Waals surface area contributed by atoms with Crippen molar-refractivity contribution >= 4 is 42.4 Å². The number of nitrogens with zero attached hydrogens (tertiary/aromatic N) is 2. The number of anilines is 1. The Hall–Kier alpha value is -2.52. The van der Waals surface area contributed by atoms with E-state index in [1.165, 1.54) is 29.5 Å². The summed E-state index contributed by atoms with van der Waals surface area (Å²) in [5.41, 5.74) is 2.48. The topological polar surface area (TPSA) is 102 Å². The summed E-state index contributed by atoms with van der Waals surface area (Å²) in [6.07, 6.45) is 0. The summed E-state index contributed by atoms with van der Waals surface area (Å²) in [6.45, 7) is 3.87. The molecule has 0 aliphatic carbocycles. The lowest BCUT2D eigenvalue weighted by Crippen LogP contribution is -2.12. The largest absolute Gasteiger partial charge is 0.270 e. The molecule has 0 saturated heterocycles. The second-order valence-electron chi connectivity index (χ2n) is 5.31. The number of benzene rings is 2. The van der Waals surface area contributed by atoms with E-state index in [1.807, 2.05) is 26.0 Å². The van der Waals surface area contributed by atoms with Gasteiger partial charge in [0.1, 0.15) is 0 Å². The van der Waals surface area contributed by atoms with Crippen LogP contribution in [0, 0.1) is 24.0 Å². The van der Waals surface area contributed by atoms with Gasteiger partial charge in [0.05, 0.1) is 20.0 Å². The summed E-state index contributed by atoms with van der Waals surface area (Å²) in [5, 5.41) is 11.0. The maximum Gasteiger partial charge on any atom is 0.270 e. The fourth-order valence-electron chi connectivity index (χ4n) is 2.35. The zero-order chi connectivity index (χ0) is 17.5. The van der Waals surface area contributed by atoms with E-state index in [1.54, 1.807) is 0 Å². The minimum absolute atomic E-state index is 0.177. The van der Waals surface area contributed by atoms with E-state index >= 15 is 0 Å². The summed E-state index contributed by atoms with van der Waals surface area (Å²) >= 11 is 1.22. The van der Waals surface area contributed by atoms with Gasteiger partial charge in [-0.1, -0.05) is 23.5 Å². The molecule has 0 unspecified atom stereocenters. The Morgan fingerprint density at radius 1 is 1.21 bits per heavy atom. The number of fused-ring (bicyclic) bond motifs is 1. The molecule has 124 valence electrons. The number of nitro groups is 1. The van der Waals surface area contributed by atoms with Gasteiger partial charge >= 0.3 is 0 Å². The van der Waals surface area contributed by atoms with E-state index in [2.05, 4.69) is 9.71 Å². The molecule has 3 aromatic rings. The molecule has 1 heterocycles. The minimum atomic E-state index is -3.95. The molecule has 0 fully saturated rings. The molecule has 0 atom stereocenters. The van der Waals surface area contributed by atoms with Crippen molar-refractivity contribution in [3.63, 3.8) is 0 Å². The van der Waals surface area contributed by atoms with Gasteiger partial charge in [0.2, 0.25) is 0 Å². The van der Waals surface area contributed by atoms with Crippen LogP contribution in [0.1, 0.15) is 11.1 Å². The predicted molar refractivity (Wildman–Crippen MR) is 93.0 cm³/mol. The van der Waals surface area contributed by atoms with Crippen LogP contribution in [0.15, 0.2) is 41.3 Å². The van der Waals surface area contributed by atoms with Crippen LogP contribution in [0.3, 0.4) is 0 Å². The number of rotatable bonds is 4. The van der Waals surface area contributed by atoms with Crippen molar-refractivity contribution < 1.29 is 13.3 Å². The van der Waals surface area contributed by atoms with Crippen molar-refractivity contribution in [3.05, 3.63) is 57.6 Å². The van der Waals surface area contributed by atoms with Crippen molar-refractivity contribution in [1.29, 1.82) is 0 Å². The van der Waals surface area contributed by atoms with Crippen LogP contribution >= 0.6 is 11.3 Å². The highest BCUT2D eigenvalue weighted by atomic mass is 32.2. The molecule has 0 radical (unpaired) electrons. The van der Waals surface area contributed by atoms with Crippen LogP contribution in [0.25, 0.3) is 10.2 Å². The van der Waals surface area contributed by atoms with Crippen LogP contribution in [-0.2, 0) is 10.0 Å².